The number of rotatable bonds is 7. The first-order chi connectivity index (χ1) is 11.6. The first-order valence-electron chi connectivity index (χ1n) is 8.12. The summed E-state index contributed by atoms with van der Waals surface area (Å²) in [5.41, 5.74) is 1.79. The predicted molar refractivity (Wildman–Crippen MR) is 92.8 cm³/mol. The van der Waals surface area contributed by atoms with E-state index in [-0.39, 0.29) is 11.8 Å². The molecule has 24 heavy (non-hydrogen) atoms. The van der Waals surface area contributed by atoms with Crippen molar-refractivity contribution in [3.8, 4) is 0 Å². The fraction of sp³-hybridized carbons (Fsp3) is 0.316. The summed E-state index contributed by atoms with van der Waals surface area (Å²) in [6.45, 7) is 4.33. The second-order valence-corrected chi connectivity index (χ2v) is 5.58. The van der Waals surface area contributed by atoms with Crippen LogP contribution in [-0.2, 0) is 22.7 Å². The number of carbonyl (C=O) groups is 2. The van der Waals surface area contributed by atoms with Gasteiger partial charge in [0.05, 0.1) is 12.2 Å². The number of nitrogens with zero attached hydrogens (tertiary/aromatic N) is 2. The topological polar surface area (TPSA) is 62.3 Å². The predicted octanol–water partition coefficient (Wildman–Crippen LogP) is 2.53. The van der Waals surface area contributed by atoms with Gasteiger partial charge in [-0.3, -0.25) is 14.6 Å². The molecule has 126 valence electrons. The van der Waals surface area contributed by atoms with Gasteiger partial charge in [0, 0.05) is 19.2 Å². The van der Waals surface area contributed by atoms with Gasteiger partial charge in [0.25, 0.3) is 0 Å². The van der Waals surface area contributed by atoms with Gasteiger partial charge in [-0.15, -0.1) is 0 Å². The van der Waals surface area contributed by atoms with Crippen molar-refractivity contribution < 1.29 is 9.59 Å². The zero-order valence-corrected chi connectivity index (χ0v) is 14.1. The van der Waals surface area contributed by atoms with Gasteiger partial charge < -0.3 is 10.2 Å². The molecule has 0 aliphatic heterocycles. The molecule has 5 heteroatoms. The Morgan fingerprint density at radius 1 is 1.12 bits per heavy atom. The minimum absolute atomic E-state index is 0.0423. The van der Waals surface area contributed by atoms with Crippen LogP contribution in [0.1, 0.15) is 31.5 Å². The average Bonchev–Trinajstić information content (AvgIpc) is 2.64. The van der Waals surface area contributed by atoms with E-state index in [0.29, 0.717) is 19.5 Å². The molecule has 0 spiro atoms. The van der Waals surface area contributed by atoms with Crippen LogP contribution in [0.5, 0.6) is 0 Å². The molecule has 0 saturated carbocycles. The highest BCUT2D eigenvalue weighted by Crippen LogP contribution is 2.10. The van der Waals surface area contributed by atoms with Crippen LogP contribution in [0.25, 0.3) is 0 Å². The molecule has 1 atom stereocenters. The Hall–Kier alpha value is -2.69. The van der Waals surface area contributed by atoms with Crippen molar-refractivity contribution in [3.05, 3.63) is 66.0 Å². The quantitative estimate of drug-likeness (QED) is 0.851. The number of carbonyl (C=O) groups excluding carboxylic acids is 2. The molecule has 5 nitrogen and oxygen atoms in total. The lowest BCUT2D eigenvalue weighted by Crippen LogP contribution is -2.47. The molecule has 1 heterocycles. The van der Waals surface area contributed by atoms with Crippen molar-refractivity contribution in [3.63, 3.8) is 0 Å². The smallest absolute Gasteiger partial charge is 0.242 e. The van der Waals surface area contributed by atoms with Crippen molar-refractivity contribution >= 4 is 11.8 Å². The summed E-state index contributed by atoms with van der Waals surface area (Å²) in [6, 6.07) is 14.7. The first-order valence-corrected chi connectivity index (χ1v) is 8.12. The minimum Gasteiger partial charge on any atom is -0.349 e. The van der Waals surface area contributed by atoms with E-state index in [2.05, 4.69) is 10.3 Å². The van der Waals surface area contributed by atoms with E-state index in [1.807, 2.05) is 48.5 Å². The molecule has 1 aromatic heterocycles. The molecule has 0 saturated heterocycles. The van der Waals surface area contributed by atoms with E-state index >= 15 is 0 Å². The second kappa shape index (κ2) is 8.82. The van der Waals surface area contributed by atoms with Gasteiger partial charge >= 0.3 is 0 Å². The maximum atomic E-state index is 12.4. The minimum atomic E-state index is -0.540. The van der Waals surface area contributed by atoms with Crippen LogP contribution in [0, 0.1) is 0 Å². The molecule has 0 aliphatic carbocycles. The average molecular weight is 325 g/mol. The monoisotopic (exact) mass is 325 g/mol. The molecular weight excluding hydrogens is 302 g/mol. The van der Waals surface area contributed by atoms with Crippen molar-refractivity contribution in [2.45, 2.75) is 39.4 Å². The zero-order valence-electron chi connectivity index (χ0n) is 14.1. The number of hydrogen-bond donors (Lipinski definition) is 1. The van der Waals surface area contributed by atoms with E-state index in [1.165, 1.54) is 0 Å². The number of pyridine rings is 1. The van der Waals surface area contributed by atoms with Crippen LogP contribution in [-0.4, -0.2) is 27.7 Å². The van der Waals surface area contributed by atoms with Gasteiger partial charge in [-0.1, -0.05) is 43.3 Å². The van der Waals surface area contributed by atoms with Gasteiger partial charge in [-0.25, -0.2) is 0 Å². The number of benzene rings is 1. The maximum absolute atomic E-state index is 12.4. The van der Waals surface area contributed by atoms with Crippen molar-refractivity contribution in [1.82, 2.24) is 15.2 Å². The normalized spacial score (nSPS) is 11.6. The lowest BCUT2D eigenvalue weighted by molar-refractivity contribution is -0.140. The lowest BCUT2D eigenvalue weighted by Gasteiger charge is -2.28. The van der Waals surface area contributed by atoms with Gasteiger partial charge in [-0.2, -0.15) is 0 Å². The Morgan fingerprint density at radius 2 is 1.83 bits per heavy atom. The summed E-state index contributed by atoms with van der Waals surface area (Å²) in [5, 5.41) is 2.85. The molecule has 2 rings (SSSR count). The molecule has 1 N–H and O–H groups in total. The van der Waals surface area contributed by atoms with Gasteiger partial charge in [0.1, 0.15) is 6.04 Å². The Kier molecular flexibility index (Phi) is 6.49. The molecular formula is C19H23N3O2. The molecule has 2 amide bonds. The largest absolute Gasteiger partial charge is 0.349 e. The van der Waals surface area contributed by atoms with Gasteiger partial charge in [-0.05, 0) is 24.6 Å². The fourth-order valence-corrected chi connectivity index (χ4v) is 2.39. The van der Waals surface area contributed by atoms with E-state index in [9.17, 15) is 9.59 Å². The zero-order chi connectivity index (χ0) is 17.4. The molecule has 0 aliphatic rings. The summed E-state index contributed by atoms with van der Waals surface area (Å²) < 4.78 is 0. The highest BCUT2D eigenvalue weighted by Gasteiger charge is 2.24. The van der Waals surface area contributed by atoms with E-state index in [1.54, 1.807) is 24.9 Å². The summed E-state index contributed by atoms with van der Waals surface area (Å²) in [6.07, 6.45) is 2.05. The molecule has 1 aromatic carbocycles. The molecule has 2 aromatic rings. The summed E-state index contributed by atoms with van der Waals surface area (Å²) in [7, 11) is 0. The van der Waals surface area contributed by atoms with Gasteiger partial charge in [0.15, 0.2) is 0 Å². The highest BCUT2D eigenvalue weighted by molar-refractivity contribution is 5.87. The van der Waals surface area contributed by atoms with Crippen LogP contribution in [0.2, 0.25) is 0 Å². The third-order valence-corrected chi connectivity index (χ3v) is 3.84. The van der Waals surface area contributed by atoms with Crippen LogP contribution in [0.3, 0.4) is 0 Å². The SMILES string of the molecule is CCC(=O)N(Cc1ccccc1)[C@@H](C)C(=O)NCc1ccccn1. The van der Waals surface area contributed by atoms with Crippen LogP contribution >= 0.6 is 0 Å². The lowest BCUT2D eigenvalue weighted by atomic mass is 10.1. The third-order valence-electron chi connectivity index (χ3n) is 3.84. The third kappa shape index (κ3) is 4.91. The van der Waals surface area contributed by atoms with Crippen LogP contribution < -0.4 is 5.32 Å². The summed E-state index contributed by atoms with van der Waals surface area (Å²) in [5.74, 6) is -0.224. The maximum Gasteiger partial charge on any atom is 0.242 e. The highest BCUT2D eigenvalue weighted by atomic mass is 16.2. The molecule has 0 bridgehead atoms. The first kappa shape index (κ1) is 17.7. The number of aromatic nitrogens is 1. The van der Waals surface area contributed by atoms with Crippen LogP contribution in [0.15, 0.2) is 54.7 Å². The van der Waals surface area contributed by atoms with Crippen molar-refractivity contribution in [2.24, 2.45) is 0 Å². The van der Waals surface area contributed by atoms with E-state index < -0.39 is 6.04 Å². The Balaban J connectivity index is 2.02. The van der Waals surface area contributed by atoms with Gasteiger partial charge in [0.2, 0.25) is 11.8 Å². The standard InChI is InChI=1S/C19H23N3O2/c1-3-18(23)22(14-16-9-5-4-6-10-16)15(2)19(24)21-13-17-11-7-8-12-20-17/h4-12,15H,3,13-14H2,1-2H3,(H,21,24)/t15-/m0/s1. The fourth-order valence-electron chi connectivity index (χ4n) is 2.39. The van der Waals surface area contributed by atoms with Crippen molar-refractivity contribution in [2.75, 3.05) is 0 Å². The van der Waals surface area contributed by atoms with Crippen molar-refractivity contribution in [1.29, 1.82) is 0 Å². The number of nitrogens with one attached hydrogen (secondary N) is 1. The summed E-state index contributed by atoms with van der Waals surface area (Å²) in [4.78, 5) is 30.5. The Morgan fingerprint density at radius 3 is 2.46 bits per heavy atom. The number of amides is 2. The van der Waals surface area contributed by atoms with E-state index in [0.717, 1.165) is 11.3 Å². The number of hydrogen-bond acceptors (Lipinski definition) is 3. The Bertz CT molecular complexity index is 659. The second-order valence-electron chi connectivity index (χ2n) is 5.58. The molecule has 0 fully saturated rings. The van der Waals surface area contributed by atoms with Crippen LogP contribution in [0.4, 0.5) is 0 Å². The Labute approximate surface area is 142 Å². The summed E-state index contributed by atoms with van der Waals surface area (Å²) >= 11 is 0. The molecule has 0 unspecified atom stereocenters. The molecule has 0 radical (unpaired) electrons. The van der Waals surface area contributed by atoms with E-state index in [4.69, 9.17) is 0 Å².